The largest absolute Gasteiger partial charge is 0.478 e. The Morgan fingerprint density at radius 1 is 1.27 bits per heavy atom. The highest BCUT2D eigenvalue weighted by Gasteiger charge is 2.30. The highest BCUT2D eigenvalue weighted by molar-refractivity contribution is 6.30. The lowest BCUT2D eigenvalue weighted by Gasteiger charge is -2.26. The normalized spacial score (nSPS) is 15.7. The molecule has 1 heterocycles. The number of benzene rings is 1. The van der Waals surface area contributed by atoms with Crippen LogP contribution in [-0.2, 0) is 11.3 Å². The molecule has 26 heavy (non-hydrogen) atoms. The summed E-state index contributed by atoms with van der Waals surface area (Å²) >= 11 is 5.88. The van der Waals surface area contributed by atoms with Gasteiger partial charge in [0.05, 0.1) is 12.6 Å². The van der Waals surface area contributed by atoms with Gasteiger partial charge in [-0.2, -0.15) is 0 Å². The highest BCUT2D eigenvalue weighted by atomic mass is 35.5. The van der Waals surface area contributed by atoms with E-state index in [1.54, 1.807) is 38.1 Å². The molecule has 8 heteroatoms. The zero-order valence-electron chi connectivity index (χ0n) is 15.1. The van der Waals surface area contributed by atoms with Crippen LogP contribution >= 0.6 is 11.6 Å². The number of hydrogen-bond acceptors (Lipinski definition) is 5. The Labute approximate surface area is 158 Å². The van der Waals surface area contributed by atoms with Crippen LogP contribution < -0.4 is 10.1 Å². The van der Waals surface area contributed by atoms with Gasteiger partial charge in [0, 0.05) is 5.02 Å². The summed E-state index contributed by atoms with van der Waals surface area (Å²) in [5.74, 6) is 1.03. The van der Waals surface area contributed by atoms with Gasteiger partial charge < -0.3 is 10.1 Å². The lowest BCUT2D eigenvalue weighted by Crippen LogP contribution is -2.46. The second kappa shape index (κ2) is 8.03. The monoisotopic (exact) mass is 377 g/mol. The molecule has 0 aliphatic heterocycles. The summed E-state index contributed by atoms with van der Waals surface area (Å²) in [6, 6.07) is 7.25. The molecule has 140 valence electrons. The molecule has 0 bridgehead atoms. The zero-order valence-corrected chi connectivity index (χ0v) is 15.9. The molecule has 1 saturated carbocycles. The van der Waals surface area contributed by atoms with Gasteiger partial charge in [0.25, 0.3) is 5.91 Å². The second-order valence-corrected chi connectivity index (χ2v) is 7.52. The molecule has 7 nitrogen and oxygen atoms in total. The Balaban J connectivity index is 1.59. The molecule has 1 N–H and O–H groups in total. The van der Waals surface area contributed by atoms with Crippen LogP contribution in [0.3, 0.4) is 0 Å². The molecule has 2 aromatic rings. The second-order valence-electron chi connectivity index (χ2n) is 7.08. The number of ether oxygens (including phenoxy) is 1. The summed E-state index contributed by atoms with van der Waals surface area (Å²) in [6.45, 7) is 3.72. The number of carbonyl (C=O) groups excluding carboxylic acids is 1. The molecule has 1 fully saturated rings. The van der Waals surface area contributed by atoms with E-state index in [9.17, 15) is 4.79 Å². The number of carbonyl (C=O) groups is 1. The maximum absolute atomic E-state index is 12.6. The first-order chi connectivity index (χ1) is 12.5. The summed E-state index contributed by atoms with van der Waals surface area (Å²) in [7, 11) is 0. The molecule has 0 unspecified atom stereocenters. The van der Waals surface area contributed by atoms with Crippen molar-refractivity contribution >= 4 is 17.5 Å². The molecule has 1 aliphatic carbocycles. The summed E-state index contributed by atoms with van der Waals surface area (Å²) in [5, 5.41) is 15.5. The summed E-state index contributed by atoms with van der Waals surface area (Å²) in [6.07, 6.45) is 5.81. The molecule has 1 aromatic heterocycles. The summed E-state index contributed by atoms with van der Waals surface area (Å²) in [4.78, 5) is 12.6. The number of rotatable bonds is 6. The van der Waals surface area contributed by atoms with Gasteiger partial charge in [-0.15, -0.1) is 5.10 Å². The summed E-state index contributed by atoms with van der Waals surface area (Å²) < 4.78 is 7.66. The molecule has 3 rings (SSSR count). The fourth-order valence-corrected chi connectivity index (χ4v) is 3.28. The molecular formula is C18H24ClN5O2. The Bertz CT molecular complexity index is 738. The molecule has 0 saturated heterocycles. The summed E-state index contributed by atoms with van der Waals surface area (Å²) in [5.41, 5.74) is -1.03. The maximum atomic E-state index is 12.6. The van der Waals surface area contributed by atoms with Crippen molar-refractivity contribution in [3.8, 4) is 5.75 Å². The number of halogens is 1. The van der Waals surface area contributed by atoms with Crippen molar-refractivity contribution in [2.75, 3.05) is 0 Å². The van der Waals surface area contributed by atoms with Crippen molar-refractivity contribution in [3.05, 3.63) is 35.1 Å². The van der Waals surface area contributed by atoms with Crippen LogP contribution in [-0.4, -0.2) is 31.7 Å². The first kappa shape index (κ1) is 18.6. The smallest absolute Gasteiger partial charge is 0.263 e. The third kappa shape index (κ3) is 4.52. The predicted octanol–water partition coefficient (Wildman–Crippen LogP) is 3.31. The SMILES string of the molecule is CC(C)(Oc1ccc(Cl)cc1)C(=O)NCc1nnnn1C1CCCCC1. The quantitative estimate of drug-likeness (QED) is 0.835. The molecule has 0 atom stereocenters. The van der Waals surface area contributed by atoms with E-state index in [1.807, 2.05) is 4.68 Å². The number of tetrazole rings is 1. The van der Waals surface area contributed by atoms with E-state index >= 15 is 0 Å². The topological polar surface area (TPSA) is 81.9 Å². The fourth-order valence-electron chi connectivity index (χ4n) is 3.15. The van der Waals surface area contributed by atoms with Crippen molar-refractivity contribution in [2.45, 2.75) is 64.1 Å². The maximum Gasteiger partial charge on any atom is 0.263 e. The third-order valence-corrected chi connectivity index (χ3v) is 4.87. The minimum absolute atomic E-state index is 0.231. The van der Waals surface area contributed by atoms with E-state index in [0.29, 0.717) is 22.6 Å². The number of hydrogen-bond donors (Lipinski definition) is 1. The lowest BCUT2D eigenvalue weighted by molar-refractivity contribution is -0.134. The standard InChI is InChI=1S/C18H24ClN5O2/c1-18(2,26-15-10-8-13(19)9-11-15)17(25)20-12-16-21-22-23-24(16)14-6-4-3-5-7-14/h8-11,14H,3-7,12H2,1-2H3,(H,20,25). The van der Waals surface area contributed by atoms with E-state index in [4.69, 9.17) is 16.3 Å². The van der Waals surface area contributed by atoms with Crippen molar-refractivity contribution < 1.29 is 9.53 Å². The first-order valence-corrected chi connectivity index (χ1v) is 9.33. The lowest BCUT2D eigenvalue weighted by atomic mass is 9.95. The zero-order chi connectivity index (χ0) is 18.6. The number of nitrogens with one attached hydrogen (secondary N) is 1. The number of aromatic nitrogens is 4. The molecule has 1 amide bonds. The Hall–Kier alpha value is -2.15. The van der Waals surface area contributed by atoms with Gasteiger partial charge in [-0.05, 0) is 61.4 Å². The van der Waals surface area contributed by atoms with Gasteiger partial charge in [0.1, 0.15) is 5.75 Å². The molecule has 0 spiro atoms. The fraction of sp³-hybridized carbons (Fsp3) is 0.556. The molecule has 0 radical (unpaired) electrons. The van der Waals surface area contributed by atoms with E-state index in [0.717, 1.165) is 12.8 Å². The van der Waals surface area contributed by atoms with Crippen molar-refractivity contribution in [1.82, 2.24) is 25.5 Å². The van der Waals surface area contributed by atoms with E-state index in [2.05, 4.69) is 20.8 Å². The van der Waals surface area contributed by atoms with Gasteiger partial charge in [-0.3, -0.25) is 4.79 Å². The van der Waals surface area contributed by atoms with Crippen molar-refractivity contribution in [2.24, 2.45) is 0 Å². The van der Waals surface area contributed by atoms with Crippen LogP contribution in [0.4, 0.5) is 0 Å². The van der Waals surface area contributed by atoms with Gasteiger partial charge in [0.2, 0.25) is 0 Å². The van der Waals surface area contributed by atoms with E-state index < -0.39 is 5.60 Å². The first-order valence-electron chi connectivity index (χ1n) is 8.95. The predicted molar refractivity (Wildman–Crippen MR) is 97.9 cm³/mol. The Morgan fingerprint density at radius 2 is 1.96 bits per heavy atom. The van der Waals surface area contributed by atoms with E-state index in [-0.39, 0.29) is 12.5 Å². The van der Waals surface area contributed by atoms with Crippen LogP contribution in [0.25, 0.3) is 0 Å². The van der Waals surface area contributed by atoms with Gasteiger partial charge in [-0.1, -0.05) is 30.9 Å². The van der Waals surface area contributed by atoms with Crippen LogP contribution in [0, 0.1) is 0 Å². The van der Waals surface area contributed by atoms with Crippen LogP contribution in [0.1, 0.15) is 57.8 Å². The highest BCUT2D eigenvalue weighted by Crippen LogP contribution is 2.27. The molecule has 1 aliphatic rings. The minimum atomic E-state index is -1.03. The number of amides is 1. The van der Waals surface area contributed by atoms with Crippen molar-refractivity contribution in [1.29, 1.82) is 0 Å². The minimum Gasteiger partial charge on any atom is -0.478 e. The van der Waals surface area contributed by atoms with Crippen LogP contribution in [0.15, 0.2) is 24.3 Å². The van der Waals surface area contributed by atoms with E-state index in [1.165, 1.54) is 19.3 Å². The van der Waals surface area contributed by atoms with Gasteiger partial charge >= 0.3 is 0 Å². The van der Waals surface area contributed by atoms with Crippen molar-refractivity contribution in [3.63, 3.8) is 0 Å². The van der Waals surface area contributed by atoms with Crippen LogP contribution in [0.2, 0.25) is 5.02 Å². The average Bonchev–Trinajstić information content (AvgIpc) is 3.10. The third-order valence-electron chi connectivity index (χ3n) is 4.62. The van der Waals surface area contributed by atoms with Crippen LogP contribution in [0.5, 0.6) is 5.75 Å². The Kier molecular flexibility index (Phi) is 5.76. The molecular weight excluding hydrogens is 354 g/mol. The average molecular weight is 378 g/mol. The van der Waals surface area contributed by atoms with Gasteiger partial charge in [0.15, 0.2) is 11.4 Å². The Morgan fingerprint density at radius 3 is 2.65 bits per heavy atom. The molecule has 1 aromatic carbocycles. The number of nitrogens with zero attached hydrogens (tertiary/aromatic N) is 4. The van der Waals surface area contributed by atoms with Gasteiger partial charge in [-0.25, -0.2) is 4.68 Å².